The van der Waals surface area contributed by atoms with Crippen LogP contribution in [0.2, 0.25) is 5.02 Å². The van der Waals surface area contributed by atoms with E-state index in [1.165, 1.54) is 6.20 Å². The van der Waals surface area contributed by atoms with Gasteiger partial charge in [0, 0.05) is 28.7 Å². The third-order valence-corrected chi connectivity index (χ3v) is 3.68. The number of hydrogen-bond acceptors (Lipinski definition) is 4. The Hall–Kier alpha value is -3.05. The molecule has 0 bridgehead atoms. The number of nitrogens with zero attached hydrogens (tertiary/aromatic N) is 1. The number of hydrogen-bond donors (Lipinski definition) is 2. The number of anilines is 3. The lowest BCUT2D eigenvalue weighted by molar-refractivity contribution is 0.102. The maximum absolute atomic E-state index is 12.4. The monoisotopic (exact) mass is 353 g/mol. The van der Waals surface area contributed by atoms with Gasteiger partial charge in [-0.3, -0.25) is 9.78 Å². The number of aromatic nitrogens is 1. The van der Waals surface area contributed by atoms with Gasteiger partial charge in [0.1, 0.15) is 5.75 Å². The predicted octanol–water partition coefficient (Wildman–Crippen LogP) is 4.74. The van der Waals surface area contributed by atoms with Crippen molar-refractivity contribution in [3.05, 3.63) is 77.6 Å². The highest BCUT2D eigenvalue weighted by atomic mass is 35.5. The minimum absolute atomic E-state index is 0.254. The molecule has 3 rings (SSSR count). The van der Waals surface area contributed by atoms with Crippen LogP contribution in [0.5, 0.6) is 5.75 Å². The van der Waals surface area contributed by atoms with Gasteiger partial charge in [0.15, 0.2) is 0 Å². The molecule has 1 amide bonds. The Morgan fingerprint density at radius 2 is 1.80 bits per heavy atom. The van der Waals surface area contributed by atoms with Crippen LogP contribution in [-0.2, 0) is 0 Å². The SMILES string of the molecule is COc1cccc(NC(=O)c2cncc(Nc3cccc(Cl)c3)c2)c1. The van der Waals surface area contributed by atoms with E-state index in [4.69, 9.17) is 16.3 Å². The summed E-state index contributed by atoms with van der Waals surface area (Å²) >= 11 is 5.98. The molecule has 126 valence electrons. The van der Waals surface area contributed by atoms with Crippen LogP contribution >= 0.6 is 11.6 Å². The van der Waals surface area contributed by atoms with Crippen LogP contribution in [0.4, 0.5) is 17.1 Å². The van der Waals surface area contributed by atoms with Crippen molar-refractivity contribution in [3.63, 3.8) is 0 Å². The maximum atomic E-state index is 12.4. The van der Waals surface area contributed by atoms with Gasteiger partial charge in [0.25, 0.3) is 5.91 Å². The molecule has 0 aliphatic carbocycles. The van der Waals surface area contributed by atoms with Gasteiger partial charge < -0.3 is 15.4 Å². The zero-order valence-electron chi connectivity index (χ0n) is 13.5. The van der Waals surface area contributed by atoms with Gasteiger partial charge in [-0.2, -0.15) is 0 Å². The molecule has 0 atom stereocenters. The number of benzene rings is 2. The van der Waals surface area contributed by atoms with Gasteiger partial charge in [-0.05, 0) is 36.4 Å². The zero-order valence-corrected chi connectivity index (χ0v) is 14.2. The molecule has 0 saturated heterocycles. The second kappa shape index (κ2) is 7.68. The fourth-order valence-electron chi connectivity index (χ4n) is 2.27. The number of ether oxygens (including phenoxy) is 1. The van der Waals surface area contributed by atoms with Gasteiger partial charge >= 0.3 is 0 Å². The number of carbonyl (C=O) groups excluding carboxylic acids is 1. The Morgan fingerprint density at radius 3 is 2.60 bits per heavy atom. The topological polar surface area (TPSA) is 63.2 Å². The van der Waals surface area contributed by atoms with Crippen molar-refractivity contribution < 1.29 is 9.53 Å². The third kappa shape index (κ3) is 4.49. The Labute approximate surface area is 150 Å². The fraction of sp³-hybridized carbons (Fsp3) is 0.0526. The first-order valence-corrected chi connectivity index (χ1v) is 7.95. The number of halogens is 1. The van der Waals surface area contributed by atoms with Crippen molar-refractivity contribution in [1.29, 1.82) is 0 Å². The summed E-state index contributed by atoms with van der Waals surface area (Å²) in [6, 6.07) is 16.2. The highest BCUT2D eigenvalue weighted by Crippen LogP contribution is 2.21. The molecule has 0 radical (unpaired) electrons. The summed E-state index contributed by atoms with van der Waals surface area (Å²) in [5.74, 6) is 0.419. The van der Waals surface area contributed by atoms with Crippen molar-refractivity contribution in [1.82, 2.24) is 4.98 Å². The highest BCUT2D eigenvalue weighted by Gasteiger charge is 2.08. The summed E-state index contributed by atoms with van der Waals surface area (Å²) in [6.07, 6.45) is 3.15. The number of methoxy groups -OCH3 is 1. The largest absolute Gasteiger partial charge is 0.497 e. The van der Waals surface area contributed by atoms with E-state index in [2.05, 4.69) is 15.6 Å². The molecule has 5 nitrogen and oxygen atoms in total. The van der Waals surface area contributed by atoms with Crippen molar-refractivity contribution >= 4 is 34.6 Å². The van der Waals surface area contributed by atoms with Crippen LogP contribution in [0.3, 0.4) is 0 Å². The first-order valence-electron chi connectivity index (χ1n) is 7.57. The predicted molar refractivity (Wildman–Crippen MR) is 99.9 cm³/mol. The molecule has 1 aromatic heterocycles. The average molecular weight is 354 g/mol. The molecule has 1 heterocycles. The minimum Gasteiger partial charge on any atom is -0.497 e. The van der Waals surface area contributed by atoms with Crippen molar-refractivity contribution in [3.8, 4) is 5.75 Å². The van der Waals surface area contributed by atoms with E-state index < -0.39 is 0 Å². The normalized spacial score (nSPS) is 10.2. The van der Waals surface area contributed by atoms with E-state index in [1.54, 1.807) is 43.6 Å². The molecular weight excluding hydrogens is 338 g/mol. The van der Waals surface area contributed by atoms with E-state index >= 15 is 0 Å². The quantitative estimate of drug-likeness (QED) is 0.695. The molecule has 0 spiro atoms. The van der Waals surface area contributed by atoms with E-state index in [1.807, 2.05) is 24.3 Å². The van der Waals surface area contributed by atoms with E-state index in [0.717, 1.165) is 5.69 Å². The lowest BCUT2D eigenvalue weighted by Crippen LogP contribution is -2.12. The molecule has 2 N–H and O–H groups in total. The summed E-state index contributed by atoms with van der Waals surface area (Å²) in [6.45, 7) is 0. The van der Waals surface area contributed by atoms with Crippen LogP contribution in [0.1, 0.15) is 10.4 Å². The number of nitrogens with one attached hydrogen (secondary N) is 2. The Bertz CT molecular complexity index is 899. The van der Waals surface area contributed by atoms with Gasteiger partial charge in [0.05, 0.1) is 24.6 Å². The Balaban J connectivity index is 1.75. The molecule has 0 saturated carbocycles. The lowest BCUT2D eigenvalue weighted by Gasteiger charge is -2.09. The van der Waals surface area contributed by atoms with Gasteiger partial charge in [0.2, 0.25) is 0 Å². The summed E-state index contributed by atoms with van der Waals surface area (Å²) in [7, 11) is 1.58. The number of pyridine rings is 1. The first-order chi connectivity index (χ1) is 12.1. The van der Waals surface area contributed by atoms with E-state index in [-0.39, 0.29) is 5.91 Å². The van der Waals surface area contributed by atoms with Crippen molar-refractivity contribution in [2.75, 3.05) is 17.7 Å². The number of carbonyl (C=O) groups is 1. The lowest BCUT2D eigenvalue weighted by atomic mass is 10.2. The summed E-state index contributed by atoms with van der Waals surface area (Å²) in [5, 5.41) is 6.63. The molecule has 3 aromatic rings. The standard InChI is InChI=1S/C19H16ClN3O2/c1-25-18-7-3-6-16(10-18)23-19(24)13-8-17(12-21-11-13)22-15-5-2-4-14(20)9-15/h2-12,22H,1H3,(H,23,24). The Morgan fingerprint density at radius 1 is 1.00 bits per heavy atom. The van der Waals surface area contributed by atoms with Crippen LogP contribution in [0.25, 0.3) is 0 Å². The van der Waals surface area contributed by atoms with Crippen molar-refractivity contribution in [2.24, 2.45) is 0 Å². The van der Waals surface area contributed by atoms with E-state index in [0.29, 0.717) is 27.7 Å². The molecule has 0 aliphatic heterocycles. The van der Waals surface area contributed by atoms with Gasteiger partial charge in [-0.1, -0.05) is 23.7 Å². The number of amides is 1. The maximum Gasteiger partial charge on any atom is 0.257 e. The van der Waals surface area contributed by atoms with Gasteiger partial charge in [-0.15, -0.1) is 0 Å². The molecule has 0 aliphatic rings. The molecule has 0 fully saturated rings. The summed E-state index contributed by atoms with van der Waals surface area (Å²) in [4.78, 5) is 16.6. The summed E-state index contributed by atoms with van der Waals surface area (Å²) in [5.41, 5.74) is 2.60. The number of rotatable bonds is 5. The molecule has 0 unspecified atom stereocenters. The molecule has 25 heavy (non-hydrogen) atoms. The molecule has 6 heteroatoms. The second-order valence-electron chi connectivity index (χ2n) is 5.28. The molecular formula is C19H16ClN3O2. The fourth-order valence-corrected chi connectivity index (χ4v) is 2.46. The Kier molecular flexibility index (Phi) is 5.16. The third-order valence-electron chi connectivity index (χ3n) is 3.44. The highest BCUT2D eigenvalue weighted by molar-refractivity contribution is 6.30. The van der Waals surface area contributed by atoms with E-state index in [9.17, 15) is 4.79 Å². The van der Waals surface area contributed by atoms with Crippen LogP contribution < -0.4 is 15.4 Å². The summed E-state index contributed by atoms with van der Waals surface area (Å²) < 4.78 is 5.15. The molecule has 2 aromatic carbocycles. The smallest absolute Gasteiger partial charge is 0.257 e. The van der Waals surface area contributed by atoms with Crippen molar-refractivity contribution in [2.45, 2.75) is 0 Å². The van der Waals surface area contributed by atoms with Crippen LogP contribution in [0.15, 0.2) is 67.0 Å². The van der Waals surface area contributed by atoms with Crippen LogP contribution in [0, 0.1) is 0 Å². The zero-order chi connectivity index (χ0) is 17.6. The minimum atomic E-state index is -0.254. The second-order valence-corrected chi connectivity index (χ2v) is 5.72. The average Bonchev–Trinajstić information content (AvgIpc) is 2.62. The van der Waals surface area contributed by atoms with Gasteiger partial charge in [-0.25, -0.2) is 0 Å². The van der Waals surface area contributed by atoms with Crippen LogP contribution in [-0.4, -0.2) is 18.0 Å². The first kappa shape index (κ1) is 16.8.